The van der Waals surface area contributed by atoms with E-state index in [4.69, 9.17) is 4.74 Å². The van der Waals surface area contributed by atoms with Crippen LogP contribution in [0.3, 0.4) is 0 Å². The number of nitrogens with zero attached hydrogens (tertiary/aromatic N) is 2. The summed E-state index contributed by atoms with van der Waals surface area (Å²) in [5.74, 6) is 5.87. The fraction of sp³-hybridized carbons (Fsp3) is 0.0833. The van der Waals surface area contributed by atoms with Crippen LogP contribution in [0.4, 0.5) is 16.2 Å². The molecule has 0 saturated heterocycles. The average molecular weight is 429 g/mol. The van der Waals surface area contributed by atoms with Gasteiger partial charge in [-0.25, -0.2) is 4.79 Å². The van der Waals surface area contributed by atoms with Gasteiger partial charge in [0.1, 0.15) is 5.75 Å². The molecule has 0 aliphatic carbocycles. The Kier molecular flexibility index (Phi) is 7.17. The maximum Gasteiger partial charge on any atom is 0.413 e. The topological polar surface area (TPSA) is 102 Å². The highest BCUT2D eigenvalue weighted by Crippen LogP contribution is 2.21. The molecular weight excluding hydrogens is 410 g/mol. The summed E-state index contributed by atoms with van der Waals surface area (Å²) in [6.45, 7) is 0.0556. The smallest absolute Gasteiger partial charge is 0.410 e. The third kappa shape index (κ3) is 5.70. The van der Waals surface area contributed by atoms with Crippen LogP contribution in [0, 0.1) is 22.0 Å². The van der Waals surface area contributed by atoms with Crippen molar-refractivity contribution in [3.05, 3.63) is 100 Å². The molecule has 160 valence electrons. The average Bonchev–Trinajstić information content (AvgIpc) is 2.82. The molecule has 3 aromatic rings. The van der Waals surface area contributed by atoms with Crippen LogP contribution in [0.1, 0.15) is 15.9 Å². The van der Waals surface area contributed by atoms with E-state index in [9.17, 15) is 19.7 Å². The summed E-state index contributed by atoms with van der Waals surface area (Å²) in [6, 6.07) is 21.1. The second-order valence-corrected chi connectivity index (χ2v) is 6.54. The van der Waals surface area contributed by atoms with Crippen molar-refractivity contribution in [2.75, 3.05) is 18.5 Å². The number of hydrogen-bond donors (Lipinski definition) is 1. The Labute approximate surface area is 184 Å². The number of ether oxygens (including phenoxy) is 1. The van der Waals surface area contributed by atoms with Crippen LogP contribution >= 0.6 is 0 Å². The lowest BCUT2D eigenvalue weighted by molar-refractivity contribution is -0.384. The number of nitro benzene ring substituents is 1. The van der Waals surface area contributed by atoms with Gasteiger partial charge in [0.05, 0.1) is 17.2 Å². The fourth-order valence-corrected chi connectivity index (χ4v) is 2.79. The zero-order chi connectivity index (χ0) is 22.9. The lowest BCUT2D eigenvalue weighted by Gasteiger charge is -2.19. The van der Waals surface area contributed by atoms with Crippen LogP contribution in [0.15, 0.2) is 78.9 Å². The molecule has 0 atom stereocenters. The first-order chi connectivity index (χ1) is 15.5. The molecule has 0 spiro atoms. The molecule has 3 rings (SSSR count). The maximum atomic E-state index is 12.8. The standard InChI is InChI=1S/C24H19N3O5/c1-26(23(28)19-13-15-20(16-14-19)27(30)31)22-12-6-5-8-18(22)9-7-17-25-24(29)32-21-10-3-2-4-11-21/h2-6,8,10-16H,17H2,1H3,(H,25,29). The molecule has 8 heteroatoms. The molecule has 0 aliphatic heterocycles. The molecule has 32 heavy (non-hydrogen) atoms. The molecule has 0 saturated carbocycles. The molecule has 8 nitrogen and oxygen atoms in total. The summed E-state index contributed by atoms with van der Waals surface area (Å²) < 4.78 is 5.12. The van der Waals surface area contributed by atoms with Gasteiger partial charge in [-0.1, -0.05) is 42.2 Å². The molecule has 0 radical (unpaired) electrons. The van der Waals surface area contributed by atoms with Gasteiger partial charge in [0.2, 0.25) is 0 Å². The first kappa shape index (κ1) is 22.1. The number of hydrogen-bond acceptors (Lipinski definition) is 5. The van der Waals surface area contributed by atoms with Crippen molar-refractivity contribution in [2.24, 2.45) is 0 Å². The monoisotopic (exact) mass is 429 g/mol. The van der Waals surface area contributed by atoms with E-state index in [0.29, 0.717) is 22.6 Å². The van der Waals surface area contributed by atoms with Crippen molar-refractivity contribution >= 4 is 23.4 Å². The number of carbonyl (C=O) groups excluding carboxylic acids is 2. The van der Waals surface area contributed by atoms with Crippen molar-refractivity contribution in [1.29, 1.82) is 0 Å². The first-order valence-electron chi connectivity index (χ1n) is 9.57. The molecule has 0 bridgehead atoms. The zero-order valence-corrected chi connectivity index (χ0v) is 17.1. The third-order valence-electron chi connectivity index (χ3n) is 4.39. The van der Waals surface area contributed by atoms with Gasteiger partial charge in [0, 0.05) is 30.3 Å². The van der Waals surface area contributed by atoms with Crippen molar-refractivity contribution in [3.63, 3.8) is 0 Å². The number of para-hydroxylation sites is 2. The quantitative estimate of drug-likeness (QED) is 0.375. The van der Waals surface area contributed by atoms with E-state index in [-0.39, 0.29) is 18.1 Å². The van der Waals surface area contributed by atoms with Crippen molar-refractivity contribution in [1.82, 2.24) is 5.32 Å². The van der Waals surface area contributed by atoms with E-state index in [1.165, 1.54) is 29.2 Å². The SMILES string of the molecule is CN(C(=O)c1ccc([N+](=O)[O-])cc1)c1ccccc1C#CCNC(=O)Oc1ccccc1. The largest absolute Gasteiger partial charge is 0.413 e. The van der Waals surface area contributed by atoms with Gasteiger partial charge in [-0.2, -0.15) is 0 Å². The van der Waals surface area contributed by atoms with Crippen molar-refractivity contribution < 1.29 is 19.2 Å². The number of amides is 2. The van der Waals surface area contributed by atoms with Crippen LogP contribution < -0.4 is 15.0 Å². The zero-order valence-electron chi connectivity index (χ0n) is 17.1. The molecule has 2 amide bonds. The molecular formula is C24H19N3O5. The number of non-ortho nitro benzene ring substituents is 1. The van der Waals surface area contributed by atoms with Crippen molar-refractivity contribution in [2.45, 2.75) is 0 Å². The molecule has 1 N–H and O–H groups in total. The normalized spacial score (nSPS) is 9.78. The molecule has 3 aromatic carbocycles. The Morgan fingerprint density at radius 1 is 1.00 bits per heavy atom. The van der Waals surface area contributed by atoms with Gasteiger partial charge in [0.15, 0.2) is 0 Å². The van der Waals surface area contributed by atoms with Gasteiger partial charge in [-0.05, 0) is 36.4 Å². The molecule has 0 fully saturated rings. The Hall–Kier alpha value is -4.64. The first-order valence-corrected chi connectivity index (χ1v) is 9.57. The summed E-state index contributed by atoms with van der Waals surface area (Å²) in [7, 11) is 1.60. The third-order valence-corrected chi connectivity index (χ3v) is 4.39. The number of benzene rings is 3. The Morgan fingerprint density at radius 2 is 1.66 bits per heavy atom. The minimum Gasteiger partial charge on any atom is -0.410 e. The number of nitro groups is 1. The summed E-state index contributed by atoms with van der Waals surface area (Å²) in [4.78, 5) is 36.3. The summed E-state index contributed by atoms with van der Waals surface area (Å²) in [5, 5.41) is 13.3. The highest BCUT2D eigenvalue weighted by molar-refractivity contribution is 6.06. The summed E-state index contributed by atoms with van der Waals surface area (Å²) >= 11 is 0. The fourth-order valence-electron chi connectivity index (χ4n) is 2.79. The van der Waals surface area contributed by atoms with Crippen molar-refractivity contribution in [3.8, 4) is 17.6 Å². The lowest BCUT2D eigenvalue weighted by Crippen LogP contribution is -2.27. The van der Waals surface area contributed by atoms with Crippen LogP contribution in [0.25, 0.3) is 0 Å². The van der Waals surface area contributed by atoms with Crippen LogP contribution in [-0.2, 0) is 0 Å². The van der Waals surface area contributed by atoms with E-state index in [2.05, 4.69) is 17.2 Å². The van der Waals surface area contributed by atoms with E-state index in [1.54, 1.807) is 55.6 Å². The molecule has 0 aromatic heterocycles. The van der Waals surface area contributed by atoms with E-state index in [0.717, 1.165) is 0 Å². The highest BCUT2D eigenvalue weighted by Gasteiger charge is 2.17. The highest BCUT2D eigenvalue weighted by atomic mass is 16.6. The van der Waals surface area contributed by atoms with Gasteiger partial charge in [-0.3, -0.25) is 14.9 Å². The van der Waals surface area contributed by atoms with Gasteiger partial charge < -0.3 is 15.0 Å². The van der Waals surface area contributed by atoms with Crippen LogP contribution in [0.2, 0.25) is 0 Å². The number of anilines is 1. The number of nitrogens with one attached hydrogen (secondary N) is 1. The Bertz CT molecular complexity index is 1180. The Morgan fingerprint density at radius 3 is 2.34 bits per heavy atom. The van der Waals surface area contributed by atoms with E-state index >= 15 is 0 Å². The minimum atomic E-state index is -0.621. The van der Waals surface area contributed by atoms with Crippen LogP contribution in [0.5, 0.6) is 5.75 Å². The van der Waals surface area contributed by atoms with Gasteiger partial charge >= 0.3 is 6.09 Å². The summed E-state index contributed by atoms with van der Waals surface area (Å²) in [6.07, 6.45) is -0.621. The van der Waals surface area contributed by atoms with Gasteiger partial charge in [-0.15, -0.1) is 0 Å². The minimum absolute atomic E-state index is 0.0556. The second-order valence-electron chi connectivity index (χ2n) is 6.54. The maximum absolute atomic E-state index is 12.8. The van der Waals surface area contributed by atoms with E-state index in [1.807, 2.05) is 6.07 Å². The number of carbonyl (C=O) groups is 2. The Balaban J connectivity index is 1.66. The number of rotatable bonds is 5. The second kappa shape index (κ2) is 10.4. The lowest BCUT2D eigenvalue weighted by atomic mass is 10.1. The molecule has 0 unspecified atom stereocenters. The summed E-state index contributed by atoms with van der Waals surface area (Å²) in [5.41, 5.74) is 1.37. The predicted octanol–water partition coefficient (Wildman–Crippen LogP) is 4.01. The molecule has 0 heterocycles. The van der Waals surface area contributed by atoms with Gasteiger partial charge in [0.25, 0.3) is 11.6 Å². The van der Waals surface area contributed by atoms with E-state index < -0.39 is 11.0 Å². The predicted molar refractivity (Wildman–Crippen MR) is 120 cm³/mol. The van der Waals surface area contributed by atoms with Crippen LogP contribution in [-0.4, -0.2) is 30.5 Å². The molecule has 0 aliphatic rings.